The average molecular weight is 673 g/mol. The molecule has 0 heterocycles. The molecular weight excluding hydrogens is 587 g/mol. The van der Waals surface area contributed by atoms with Crippen LogP contribution in [0.2, 0.25) is 0 Å². The number of rotatable bonds is 36. The molecule has 6 heteroatoms. The van der Waals surface area contributed by atoms with E-state index in [9.17, 15) is 4.57 Å². The van der Waals surface area contributed by atoms with Crippen molar-refractivity contribution in [2.24, 2.45) is 11.8 Å². The zero-order chi connectivity index (χ0) is 34.3. The molecule has 0 aliphatic heterocycles. The second-order valence-corrected chi connectivity index (χ2v) is 16.1. The highest BCUT2D eigenvalue weighted by molar-refractivity contribution is 7.51. The summed E-state index contributed by atoms with van der Waals surface area (Å²) in [7, 11) is -3.49. The maximum atomic E-state index is 14.7. The summed E-state index contributed by atoms with van der Waals surface area (Å²) in [5.41, 5.74) is 0. The second kappa shape index (κ2) is 32.3. The Labute approximate surface area is 290 Å². The first-order valence-corrected chi connectivity index (χ1v) is 22.3. The summed E-state index contributed by atoms with van der Waals surface area (Å²) in [4.78, 5) is 2.37. The van der Waals surface area contributed by atoms with Crippen LogP contribution in [0, 0.1) is 11.8 Å². The lowest BCUT2D eigenvalue weighted by Gasteiger charge is -2.33. The van der Waals surface area contributed by atoms with Gasteiger partial charge in [-0.15, -0.1) is 0 Å². The summed E-state index contributed by atoms with van der Waals surface area (Å²) >= 11 is 0. The summed E-state index contributed by atoms with van der Waals surface area (Å²) < 4.78 is 28.0. The third-order valence-electron chi connectivity index (χ3n) is 10.3. The van der Waals surface area contributed by atoms with Gasteiger partial charge >= 0.3 is 7.75 Å². The molecule has 0 bridgehead atoms. The first-order chi connectivity index (χ1) is 22.3. The predicted molar refractivity (Wildman–Crippen MR) is 205 cm³/mol. The summed E-state index contributed by atoms with van der Waals surface area (Å²) in [6.07, 6.45) is 30.3. The topological polar surface area (TPSA) is 50.8 Å². The molecule has 0 spiro atoms. The number of nitrogens with zero attached hydrogens (tertiary/aromatic N) is 1. The molecule has 0 aromatic carbocycles. The van der Waals surface area contributed by atoms with E-state index in [0.717, 1.165) is 45.3 Å². The van der Waals surface area contributed by atoms with E-state index in [-0.39, 0.29) is 12.2 Å². The Balaban J connectivity index is 5.68. The molecule has 0 rings (SSSR count). The molecule has 0 aromatic heterocycles. The molecule has 0 aliphatic carbocycles. The molecule has 0 amide bonds. The third-order valence-corrected chi connectivity index (χ3v) is 12.1. The molecule has 0 aliphatic rings. The van der Waals surface area contributed by atoms with E-state index in [4.69, 9.17) is 9.05 Å². The molecule has 0 fully saturated rings. The van der Waals surface area contributed by atoms with Gasteiger partial charge in [-0.1, -0.05) is 170 Å². The lowest BCUT2D eigenvalue weighted by Crippen LogP contribution is -2.34. The molecule has 1 N–H and O–H groups in total. The van der Waals surface area contributed by atoms with Crippen molar-refractivity contribution in [3.8, 4) is 0 Å². The van der Waals surface area contributed by atoms with Gasteiger partial charge in [0.1, 0.15) is 0 Å². The van der Waals surface area contributed by atoms with Crippen molar-refractivity contribution in [1.29, 1.82) is 0 Å². The minimum Gasteiger partial charge on any atom is -0.303 e. The van der Waals surface area contributed by atoms with Gasteiger partial charge in [-0.2, -0.15) is 0 Å². The number of likely N-dealkylation sites (N-methyl/N-ethyl adjacent to an activating group) is 1. The van der Waals surface area contributed by atoms with Crippen molar-refractivity contribution >= 4 is 7.75 Å². The molecule has 5 nitrogen and oxygen atoms in total. The Kier molecular flexibility index (Phi) is 32.3. The van der Waals surface area contributed by atoms with Gasteiger partial charge in [0.25, 0.3) is 0 Å². The van der Waals surface area contributed by atoms with Gasteiger partial charge in [-0.3, -0.25) is 9.05 Å². The van der Waals surface area contributed by atoms with E-state index in [0.29, 0.717) is 18.4 Å². The van der Waals surface area contributed by atoms with E-state index in [1.165, 1.54) is 128 Å². The molecule has 0 saturated heterocycles. The summed E-state index contributed by atoms with van der Waals surface area (Å²) in [5.74, 6) is 0.848. The van der Waals surface area contributed by atoms with Crippen LogP contribution in [0.5, 0.6) is 0 Å². The molecular formula is C40H85N2O3P. The van der Waals surface area contributed by atoms with Crippen LogP contribution in [0.25, 0.3) is 0 Å². The van der Waals surface area contributed by atoms with Gasteiger partial charge in [0.05, 0.1) is 12.2 Å². The maximum absolute atomic E-state index is 14.7. The minimum atomic E-state index is -3.49. The van der Waals surface area contributed by atoms with Crippen LogP contribution in [0.1, 0.15) is 209 Å². The molecule has 0 saturated carbocycles. The highest BCUT2D eigenvalue weighted by Crippen LogP contribution is 2.49. The fraction of sp³-hybridized carbons (Fsp3) is 1.00. The summed E-state index contributed by atoms with van der Waals surface area (Å²) in [6, 6.07) is 0. The van der Waals surface area contributed by atoms with Crippen LogP contribution < -0.4 is 5.09 Å². The van der Waals surface area contributed by atoms with Crippen molar-refractivity contribution < 1.29 is 13.6 Å². The second-order valence-electron chi connectivity index (χ2n) is 14.4. The van der Waals surface area contributed by atoms with Crippen LogP contribution in [-0.2, 0) is 13.6 Å². The van der Waals surface area contributed by atoms with Crippen molar-refractivity contribution in [2.75, 3.05) is 26.2 Å². The molecule has 46 heavy (non-hydrogen) atoms. The van der Waals surface area contributed by atoms with Crippen LogP contribution in [0.3, 0.4) is 0 Å². The van der Waals surface area contributed by atoms with E-state index >= 15 is 0 Å². The predicted octanol–water partition coefficient (Wildman–Crippen LogP) is 13.5. The number of hydrogen-bond donors (Lipinski definition) is 1. The van der Waals surface area contributed by atoms with Gasteiger partial charge in [0.15, 0.2) is 0 Å². The van der Waals surface area contributed by atoms with Gasteiger partial charge < -0.3 is 4.90 Å². The lowest BCUT2D eigenvalue weighted by atomic mass is 9.90. The van der Waals surface area contributed by atoms with E-state index in [1.807, 2.05) is 0 Å². The average Bonchev–Trinajstić information content (AvgIpc) is 3.04. The Morgan fingerprint density at radius 2 is 0.804 bits per heavy atom. The van der Waals surface area contributed by atoms with Crippen molar-refractivity contribution in [3.05, 3.63) is 0 Å². The van der Waals surface area contributed by atoms with Crippen LogP contribution in [0.15, 0.2) is 0 Å². The Morgan fingerprint density at radius 3 is 1.13 bits per heavy atom. The largest absolute Gasteiger partial charge is 0.406 e. The van der Waals surface area contributed by atoms with E-state index in [1.54, 1.807) is 0 Å². The quantitative estimate of drug-likeness (QED) is 0.0530. The van der Waals surface area contributed by atoms with Crippen molar-refractivity contribution in [1.82, 2.24) is 9.99 Å². The number of nitrogens with one attached hydrogen (secondary N) is 1. The van der Waals surface area contributed by atoms with Gasteiger partial charge in [-0.25, -0.2) is 9.65 Å². The zero-order valence-electron chi connectivity index (χ0n) is 32.7. The number of hydrogen-bond acceptors (Lipinski definition) is 4. The van der Waals surface area contributed by atoms with Gasteiger partial charge in [-0.05, 0) is 64.5 Å². The smallest absolute Gasteiger partial charge is 0.303 e. The maximum Gasteiger partial charge on any atom is 0.406 e. The zero-order valence-corrected chi connectivity index (χ0v) is 33.6. The van der Waals surface area contributed by atoms with Crippen LogP contribution >= 0.6 is 7.75 Å². The highest BCUT2D eigenvalue weighted by Gasteiger charge is 2.34. The van der Waals surface area contributed by atoms with Gasteiger partial charge in [0, 0.05) is 13.1 Å². The SMILES string of the molecule is CCCCCCCCC(CCCCCC)C(C)OP(=O)(NCCN(CC)CC)OC(C)C(CCCCCC)CCCCCCCC. The normalized spacial score (nSPS) is 16.0. The first kappa shape index (κ1) is 46.1. The Morgan fingerprint density at radius 1 is 0.500 bits per heavy atom. The van der Waals surface area contributed by atoms with E-state index in [2.05, 4.69) is 65.4 Å². The summed E-state index contributed by atoms with van der Waals surface area (Å²) in [5, 5.41) is 3.37. The lowest BCUT2D eigenvalue weighted by molar-refractivity contribution is 0.0599. The minimum absolute atomic E-state index is 0.0853. The monoisotopic (exact) mass is 673 g/mol. The molecule has 278 valence electrons. The fourth-order valence-electron chi connectivity index (χ4n) is 6.86. The van der Waals surface area contributed by atoms with Crippen molar-refractivity contribution in [2.45, 2.75) is 222 Å². The first-order valence-electron chi connectivity index (χ1n) is 20.7. The van der Waals surface area contributed by atoms with Gasteiger partial charge in [0.2, 0.25) is 0 Å². The summed E-state index contributed by atoms with van der Waals surface area (Å²) in [6.45, 7) is 21.3. The van der Waals surface area contributed by atoms with Crippen LogP contribution in [-0.4, -0.2) is 43.3 Å². The highest BCUT2D eigenvalue weighted by atomic mass is 31.2. The van der Waals surface area contributed by atoms with Crippen molar-refractivity contribution in [3.63, 3.8) is 0 Å². The van der Waals surface area contributed by atoms with Crippen LogP contribution in [0.4, 0.5) is 0 Å². The van der Waals surface area contributed by atoms with E-state index < -0.39 is 7.75 Å². The Hall–Kier alpha value is 0.0700. The molecule has 0 aromatic rings. The molecule has 0 radical (unpaired) electrons. The fourth-order valence-corrected chi connectivity index (χ4v) is 8.65. The molecule has 4 atom stereocenters. The third kappa shape index (κ3) is 25.1. The molecule has 4 unspecified atom stereocenters. The number of unbranched alkanes of at least 4 members (excludes halogenated alkanes) is 16. The standard InChI is InChI=1S/C40H85N2O3P/c1-9-15-19-23-25-29-33-39(31-27-21-17-11-3)37(7)44-46(43,41-35-36-42(13-5)14-6)45-38(8)40(32-28-22-18-12-4)34-30-26-24-20-16-10-2/h37-40H,9-36H2,1-8H3,(H,41,43). The Bertz CT molecular complexity index is 631.